The van der Waals surface area contributed by atoms with Crippen molar-refractivity contribution >= 4 is 58.7 Å². The van der Waals surface area contributed by atoms with Gasteiger partial charge in [-0.2, -0.15) is 0 Å². The second-order valence-electron chi connectivity index (χ2n) is 5.34. The van der Waals surface area contributed by atoms with Crippen LogP contribution in [0.15, 0.2) is 45.6 Å². The number of benzene rings is 2. The van der Waals surface area contributed by atoms with Gasteiger partial charge in [-0.25, -0.2) is 21.8 Å². The number of ether oxygens (including phenoxy) is 1. The number of thiazole rings is 1. The van der Waals surface area contributed by atoms with Crippen LogP contribution in [0.25, 0.3) is 10.2 Å². The van der Waals surface area contributed by atoms with Crippen LogP contribution < -0.4 is 9.46 Å². The number of methoxy groups -OCH3 is 1. The molecule has 138 valence electrons. The molecule has 0 atom stereocenters. The molecule has 1 heterocycles. The normalized spacial score (nSPS) is 12.3. The first kappa shape index (κ1) is 18.9. The molecule has 11 heteroatoms. The van der Waals surface area contributed by atoms with Crippen molar-refractivity contribution in [1.29, 1.82) is 0 Å². The zero-order valence-corrected chi connectivity index (χ0v) is 16.8. The molecule has 3 rings (SSSR count). The van der Waals surface area contributed by atoms with Crippen LogP contribution in [0.2, 0.25) is 5.02 Å². The molecule has 0 saturated carbocycles. The number of halogens is 1. The van der Waals surface area contributed by atoms with Gasteiger partial charge in [-0.3, -0.25) is 4.72 Å². The van der Waals surface area contributed by atoms with Crippen molar-refractivity contribution in [1.82, 2.24) is 4.98 Å². The van der Waals surface area contributed by atoms with Crippen LogP contribution >= 0.6 is 22.9 Å². The lowest BCUT2D eigenvalue weighted by atomic mass is 10.3. The van der Waals surface area contributed by atoms with Crippen molar-refractivity contribution in [2.45, 2.75) is 9.24 Å². The van der Waals surface area contributed by atoms with Gasteiger partial charge in [0.15, 0.2) is 0 Å². The van der Waals surface area contributed by atoms with E-state index in [-0.39, 0.29) is 25.7 Å². The minimum Gasteiger partial charge on any atom is -0.495 e. The maximum absolute atomic E-state index is 12.7. The van der Waals surface area contributed by atoms with Gasteiger partial charge >= 0.3 is 0 Å². The Morgan fingerprint density at radius 3 is 2.50 bits per heavy atom. The van der Waals surface area contributed by atoms with Crippen molar-refractivity contribution in [3.05, 3.63) is 41.4 Å². The zero-order valence-electron chi connectivity index (χ0n) is 13.6. The van der Waals surface area contributed by atoms with Crippen LogP contribution in [-0.2, 0) is 19.9 Å². The summed E-state index contributed by atoms with van der Waals surface area (Å²) in [4.78, 5) is 3.93. The van der Waals surface area contributed by atoms with Crippen molar-refractivity contribution in [2.75, 3.05) is 18.1 Å². The van der Waals surface area contributed by atoms with E-state index in [4.69, 9.17) is 16.3 Å². The predicted molar refractivity (Wildman–Crippen MR) is 102 cm³/mol. The quantitative estimate of drug-likeness (QED) is 0.664. The van der Waals surface area contributed by atoms with E-state index < -0.39 is 19.9 Å². The number of nitrogens with one attached hydrogen (secondary N) is 1. The minimum absolute atomic E-state index is 0.0241. The number of anilines is 1. The van der Waals surface area contributed by atoms with E-state index >= 15 is 0 Å². The van der Waals surface area contributed by atoms with Gasteiger partial charge in [0, 0.05) is 11.3 Å². The van der Waals surface area contributed by atoms with Gasteiger partial charge in [0.25, 0.3) is 10.0 Å². The smallest absolute Gasteiger partial charge is 0.265 e. The van der Waals surface area contributed by atoms with Crippen LogP contribution in [-0.4, -0.2) is 35.2 Å². The number of aromatic nitrogens is 1. The topological polar surface area (TPSA) is 102 Å². The Labute approximate surface area is 159 Å². The molecular formula is C15H13ClN2O5S3. The maximum atomic E-state index is 12.7. The number of sulfonamides is 1. The van der Waals surface area contributed by atoms with E-state index in [0.29, 0.717) is 10.2 Å². The van der Waals surface area contributed by atoms with Gasteiger partial charge in [0.05, 0.1) is 23.0 Å². The van der Waals surface area contributed by atoms with Crippen molar-refractivity contribution in [3.8, 4) is 5.75 Å². The van der Waals surface area contributed by atoms with Gasteiger partial charge in [0.2, 0.25) is 14.2 Å². The summed E-state index contributed by atoms with van der Waals surface area (Å²) in [6.45, 7) is 0. The summed E-state index contributed by atoms with van der Waals surface area (Å²) in [5.41, 5.74) is 0.738. The number of hydrogen-bond acceptors (Lipinski definition) is 7. The fourth-order valence-electron chi connectivity index (χ4n) is 2.20. The first-order valence-corrected chi connectivity index (χ1v) is 11.6. The average molecular weight is 433 g/mol. The van der Waals surface area contributed by atoms with Crippen molar-refractivity contribution in [2.24, 2.45) is 0 Å². The molecule has 0 fully saturated rings. The molecule has 1 aromatic heterocycles. The summed E-state index contributed by atoms with van der Waals surface area (Å²) in [5, 5.41) is 0.252. The summed E-state index contributed by atoms with van der Waals surface area (Å²) in [6, 6.07) is 8.85. The average Bonchev–Trinajstić information content (AvgIpc) is 2.98. The molecule has 0 unspecified atom stereocenters. The highest BCUT2D eigenvalue weighted by Crippen LogP contribution is 2.31. The third kappa shape index (κ3) is 3.78. The Bertz CT molecular complexity index is 1200. The molecule has 0 bridgehead atoms. The van der Waals surface area contributed by atoms with Gasteiger partial charge in [-0.1, -0.05) is 11.6 Å². The molecule has 0 spiro atoms. The Balaban J connectivity index is 2.01. The monoisotopic (exact) mass is 432 g/mol. The molecule has 26 heavy (non-hydrogen) atoms. The number of nitrogens with zero attached hydrogens (tertiary/aromatic N) is 1. The molecule has 7 nitrogen and oxygen atoms in total. The lowest BCUT2D eigenvalue weighted by Gasteiger charge is -2.12. The molecular weight excluding hydrogens is 420 g/mol. The van der Waals surface area contributed by atoms with Gasteiger partial charge in [0.1, 0.15) is 10.6 Å². The van der Waals surface area contributed by atoms with Crippen LogP contribution in [0.1, 0.15) is 0 Å². The Morgan fingerprint density at radius 2 is 1.85 bits per heavy atom. The minimum atomic E-state index is -3.96. The molecule has 0 aliphatic carbocycles. The van der Waals surface area contributed by atoms with E-state index in [1.807, 2.05) is 0 Å². The summed E-state index contributed by atoms with van der Waals surface area (Å²) < 4.78 is 56.6. The number of rotatable bonds is 5. The van der Waals surface area contributed by atoms with Crippen LogP contribution in [0.5, 0.6) is 5.75 Å². The lowest BCUT2D eigenvalue weighted by molar-refractivity contribution is 0.403. The predicted octanol–water partition coefficient (Wildman–Crippen LogP) is 3.16. The molecule has 0 aliphatic rings. The summed E-state index contributed by atoms with van der Waals surface area (Å²) >= 11 is 6.87. The van der Waals surface area contributed by atoms with E-state index in [1.54, 1.807) is 6.07 Å². The Morgan fingerprint density at radius 1 is 1.12 bits per heavy atom. The van der Waals surface area contributed by atoms with E-state index in [1.165, 1.54) is 37.4 Å². The second kappa shape index (κ2) is 6.69. The van der Waals surface area contributed by atoms with Gasteiger partial charge < -0.3 is 4.74 Å². The highest BCUT2D eigenvalue weighted by Gasteiger charge is 2.21. The third-order valence-electron chi connectivity index (χ3n) is 3.35. The number of hydrogen-bond donors (Lipinski definition) is 1. The largest absolute Gasteiger partial charge is 0.495 e. The van der Waals surface area contributed by atoms with Crippen LogP contribution in [0.4, 0.5) is 5.69 Å². The van der Waals surface area contributed by atoms with Gasteiger partial charge in [-0.15, -0.1) is 11.3 Å². The van der Waals surface area contributed by atoms with Crippen molar-refractivity contribution in [3.63, 3.8) is 0 Å². The molecule has 0 radical (unpaired) electrons. The Hall–Kier alpha value is -1.88. The molecule has 3 aromatic rings. The summed E-state index contributed by atoms with van der Waals surface area (Å²) in [5.74, 6) is 0.153. The second-order valence-corrected chi connectivity index (χ2v) is 10.6. The number of fused-ring (bicyclic) bond motifs is 1. The fourth-order valence-corrected chi connectivity index (χ4v) is 5.55. The Kier molecular flexibility index (Phi) is 4.86. The highest BCUT2D eigenvalue weighted by atomic mass is 35.5. The maximum Gasteiger partial charge on any atom is 0.265 e. The van der Waals surface area contributed by atoms with E-state index in [2.05, 4.69) is 9.71 Å². The molecule has 2 aromatic carbocycles. The standard InChI is InChI=1S/C15H13ClN2O5S3/c1-23-12-6-3-9(16)7-14(12)26(21,22)18-10-4-5-11-13(8-10)24-15(17-11)25(2,19)20/h3-8,18H,1-2H3. The zero-order chi connectivity index (χ0) is 19.1. The van der Waals surface area contributed by atoms with Crippen LogP contribution in [0.3, 0.4) is 0 Å². The summed E-state index contributed by atoms with van der Waals surface area (Å²) in [7, 11) is -6.03. The SMILES string of the molecule is COc1ccc(Cl)cc1S(=O)(=O)Nc1ccc2nc(S(C)(=O)=O)sc2c1. The first-order valence-electron chi connectivity index (χ1n) is 7.07. The van der Waals surface area contributed by atoms with Crippen LogP contribution in [0, 0.1) is 0 Å². The van der Waals surface area contributed by atoms with Crippen molar-refractivity contribution < 1.29 is 21.6 Å². The molecule has 0 saturated heterocycles. The van der Waals surface area contributed by atoms with E-state index in [0.717, 1.165) is 17.6 Å². The highest BCUT2D eigenvalue weighted by molar-refractivity contribution is 7.93. The van der Waals surface area contributed by atoms with Gasteiger partial charge in [-0.05, 0) is 36.4 Å². The molecule has 1 N–H and O–H groups in total. The third-order valence-corrected chi connectivity index (χ3v) is 7.69. The molecule has 0 aliphatic heterocycles. The van der Waals surface area contributed by atoms with E-state index in [9.17, 15) is 16.8 Å². The molecule has 0 amide bonds. The summed E-state index contributed by atoms with van der Waals surface area (Å²) in [6.07, 6.45) is 1.07. The fraction of sp³-hybridized carbons (Fsp3) is 0.133. The lowest BCUT2D eigenvalue weighted by Crippen LogP contribution is -2.14. The first-order chi connectivity index (χ1) is 12.1. The number of sulfone groups is 1.